The first-order chi connectivity index (χ1) is 16.7. The van der Waals surface area contributed by atoms with E-state index in [1.54, 1.807) is 37.5 Å². The molecule has 3 aromatic rings. The van der Waals surface area contributed by atoms with E-state index < -0.39 is 0 Å². The summed E-state index contributed by atoms with van der Waals surface area (Å²) in [5, 5.41) is 9.60. The topological polar surface area (TPSA) is 103 Å². The highest BCUT2D eigenvalue weighted by molar-refractivity contribution is 6.02. The van der Waals surface area contributed by atoms with Gasteiger partial charge in [0.25, 0.3) is 0 Å². The molecule has 184 valence electrons. The summed E-state index contributed by atoms with van der Waals surface area (Å²) in [7, 11) is 1.56. The number of methoxy groups -OCH3 is 1. The SMILES string of the molecule is COc1cc(/C=C/C(=O)Nc2ccc(CC(=O)NC(C)C)cc2)ccc1OCc1c(C)noc1C. The molecule has 0 aliphatic heterocycles. The standard InChI is InChI=1S/C27H31N3O5/c1-17(2)28-27(32)15-21-6-10-22(11-7-21)29-26(31)13-9-20-8-12-24(25(14-20)33-5)34-16-23-18(3)30-35-19(23)4/h6-14,17H,15-16H2,1-5H3,(H,28,32)(H,29,31)/b13-9+. The van der Waals surface area contributed by atoms with Crippen LogP contribution in [-0.4, -0.2) is 30.1 Å². The van der Waals surface area contributed by atoms with Crippen LogP contribution in [0.2, 0.25) is 0 Å². The van der Waals surface area contributed by atoms with Gasteiger partial charge in [-0.3, -0.25) is 9.59 Å². The molecule has 0 fully saturated rings. The van der Waals surface area contributed by atoms with Gasteiger partial charge in [-0.2, -0.15) is 0 Å². The Morgan fingerprint density at radius 1 is 1.09 bits per heavy atom. The summed E-state index contributed by atoms with van der Waals surface area (Å²) in [6.45, 7) is 7.87. The molecule has 0 saturated carbocycles. The molecule has 2 amide bonds. The number of aryl methyl sites for hydroxylation is 2. The molecule has 8 heteroatoms. The van der Waals surface area contributed by atoms with E-state index in [4.69, 9.17) is 14.0 Å². The van der Waals surface area contributed by atoms with E-state index in [0.29, 0.717) is 30.2 Å². The highest BCUT2D eigenvalue weighted by Crippen LogP contribution is 2.30. The molecule has 2 N–H and O–H groups in total. The fraction of sp³-hybridized carbons (Fsp3) is 0.296. The Morgan fingerprint density at radius 3 is 2.46 bits per heavy atom. The average molecular weight is 478 g/mol. The van der Waals surface area contributed by atoms with Crippen LogP contribution in [0.5, 0.6) is 11.5 Å². The Balaban J connectivity index is 1.57. The lowest BCUT2D eigenvalue weighted by molar-refractivity contribution is -0.121. The van der Waals surface area contributed by atoms with Crippen molar-refractivity contribution in [2.75, 3.05) is 12.4 Å². The van der Waals surface area contributed by atoms with Crippen molar-refractivity contribution in [3.05, 3.63) is 76.7 Å². The van der Waals surface area contributed by atoms with Crippen molar-refractivity contribution in [3.63, 3.8) is 0 Å². The molecule has 0 unspecified atom stereocenters. The maximum atomic E-state index is 12.4. The summed E-state index contributed by atoms with van der Waals surface area (Å²) < 4.78 is 16.5. The summed E-state index contributed by atoms with van der Waals surface area (Å²) in [6, 6.07) is 12.7. The lowest BCUT2D eigenvalue weighted by atomic mass is 10.1. The smallest absolute Gasteiger partial charge is 0.248 e. The molecule has 0 bridgehead atoms. The van der Waals surface area contributed by atoms with Gasteiger partial charge in [-0.15, -0.1) is 0 Å². The number of hydrogen-bond donors (Lipinski definition) is 2. The minimum absolute atomic E-state index is 0.0321. The van der Waals surface area contributed by atoms with Gasteiger partial charge in [0.15, 0.2) is 11.5 Å². The molecule has 0 atom stereocenters. The van der Waals surface area contributed by atoms with Gasteiger partial charge in [0.1, 0.15) is 12.4 Å². The largest absolute Gasteiger partial charge is 0.493 e. The number of nitrogens with one attached hydrogen (secondary N) is 2. The monoisotopic (exact) mass is 477 g/mol. The van der Waals surface area contributed by atoms with Gasteiger partial charge in [-0.25, -0.2) is 0 Å². The van der Waals surface area contributed by atoms with Crippen LogP contribution < -0.4 is 20.1 Å². The Morgan fingerprint density at radius 2 is 1.83 bits per heavy atom. The van der Waals surface area contributed by atoms with Crippen molar-refractivity contribution >= 4 is 23.6 Å². The Bertz CT molecular complexity index is 1180. The highest BCUT2D eigenvalue weighted by Gasteiger charge is 2.12. The Labute approximate surface area is 205 Å². The van der Waals surface area contributed by atoms with Gasteiger partial charge < -0.3 is 24.6 Å². The van der Waals surface area contributed by atoms with Crippen molar-refractivity contribution in [1.29, 1.82) is 0 Å². The zero-order chi connectivity index (χ0) is 25.4. The van der Waals surface area contributed by atoms with Crippen molar-refractivity contribution in [2.24, 2.45) is 0 Å². The molecule has 0 spiro atoms. The highest BCUT2D eigenvalue weighted by atomic mass is 16.5. The van der Waals surface area contributed by atoms with Gasteiger partial charge in [0, 0.05) is 17.8 Å². The quantitative estimate of drug-likeness (QED) is 0.414. The van der Waals surface area contributed by atoms with Gasteiger partial charge in [-0.05, 0) is 69.2 Å². The summed E-state index contributed by atoms with van der Waals surface area (Å²) >= 11 is 0. The second kappa shape index (κ2) is 11.9. The van der Waals surface area contributed by atoms with Crippen LogP contribution in [0.4, 0.5) is 5.69 Å². The molecule has 1 heterocycles. The maximum absolute atomic E-state index is 12.4. The number of anilines is 1. The van der Waals surface area contributed by atoms with E-state index in [1.165, 1.54) is 6.08 Å². The van der Waals surface area contributed by atoms with Crippen molar-refractivity contribution < 1.29 is 23.6 Å². The van der Waals surface area contributed by atoms with Crippen molar-refractivity contribution in [3.8, 4) is 11.5 Å². The predicted octanol–water partition coefficient (Wildman–Crippen LogP) is 4.60. The lowest BCUT2D eigenvalue weighted by Gasteiger charge is -2.11. The van der Waals surface area contributed by atoms with E-state index in [-0.39, 0.29) is 17.9 Å². The maximum Gasteiger partial charge on any atom is 0.248 e. The molecule has 8 nitrogen and oxygen atoms in total. The van der Waals surface area contributed by atoms with E-state index in [0.717, 1.165) is 28.1 Å². The molecule has 1 aromatic heterocycles. The van der Waals surface area contributed by atoms with Crippen LogP contribution in [-0.2, 0) is 22.6 Å². The molecular weight excluding hydrogens is 446 g/mol. The first-order valence-electron chi connectivity index (χ1n) is 11.3. The normalized spacial score (nSPS) is 11.0. The van der Waals surface area contributed by atoms with E-state index >= 15 is 0 Å². The van der Waals surface area contributed by atoms with Gasteiger partial charge in [-0.1, -0.05) is 23.4 Å². The third-order valence-corrected chi connectivity index (χ3v) is 5.20. The zero-order valence-corrected chi connectivity index (χ0v) is 20.7. The van der Waals surface area contributed by atoms with Crippen molar-refractivity contribution in [1.82, 2.24) is 10.5 Å². The zero-order valence-electron chi connectivity index (χ0n) is 20.7. The number of carbonyl (C=O) groups is 2. The van der Waals surface area contributed by atoms with E-state index in [9.17, 15) is 9.59 Å². The van der Waals surface area contributed by atoms with Crippen LogP contribution in [0.3, 0.4) is 0 Å². The van der Waals surface area contributed by atoms with E-state index in [1.807, 2.05) is 45.9 Å². The molecule has 2 aromatic carbocycles. The summed E-state index contributed by atoms with van der Waals surface area (Å²) in [6.07, 6.45) is 3.44. The molecule has 0 aliphatic carbocycles. The number of benzene rings is 2. The number of ether oxygens (including phenoxy) is 2. The van der Waals surface area contributed by atoms with Gasteiger partial charge in [0.05, 0.1) is 24.8 Å². The first-order valence-corrected chi connectivity index (χ1v) is 11.3. The molecule has 0 saturated heterocycles. The van der Waals surface area contributed by atoms with Gasteiger partial charge >= 0.3 is 0 Å². The Kier molecular flexibility index (Phi) is 8.67. The number of amides is 2. The minimum atomic E-state index is -0.270. The summed E-state index contributed by atoms with van der Waals surface area (Å²) in [5.74, 6) is 1.55. The molecule has 0 aliphatic rings. The summed E-state index contributed by atoms with van der Waals surface area (Å²) in [5.41, 5.74) is 4.00. The lowest BCUT2D eigenvalue weighted by Crippen LogP contribution is -2.31. The third-order valence-electron chi connectivity index (χ3n) is 5.20. The summed E-state index contributed by atoms with van der Waals surface area (Å²) in [4.78, 5) is 24.2. The number of hydrogen-bond acceptors (Lipinski definition) is 6. The molecule has 3 rings (SSSR count). The second-order valence-electron chi connectivity index (χ2n) is 8.42. The van der Waals surface area contributed by atoms with Crippen LogP contribution in [0.25, 0.3) is 6.08 Å². The van der Waals surface area contributed by atoms with Crippen LogP contribution in [0, 0.1) is 13.8 Å². The number of aromatic nitrogens is 1. The number of nitrogens with zero attached hydrogens (tertiary/aromatic N) is 1. The average Bonchev–Trinajstić information content (AvgIpc) is 3.14. The van der Waals surface area contributed by atoms with Crippen LogP contribution in [0.1, 0.15) is 42.0 Å². The molecule has 0 radical (unpaired) electrons. The van der Waals surface area contributed by atoms with E-state index in [2.05, 4.69) is 15.8 Å². The van der Waals surface area contributed by atoms with Crippen LogP contribution >= 0.6 is 0 Å². The second-order valence-corrected chi connectivity index (χ2v) is 8.42. The molecule has 35 heavy (non-hydrogen) atoms. The minimum Gasteiger partial charge on any atom is -0.493 e. The third kappa shape index (κ3) is 7.46. The molecular formula is C27H31N3O5. The van der Waals surface area contributed by atoms with Crippen molar-refractivity contribution in [2.45, 2.75) is 46.8 Å². The fourth-order valence-electron chi connectivity index (χ4n) is 3.39. The van der Waals surface area contributed by atoms with Crippen LogP contribution in [0.15, 0.2) is 53.1 Å². The van der Waals surface area contributed by atoms with Gasteiger partial charge in [0.2, 0.25) is 11.8 Å². The predicted molar refractivity (Wildman–Crippen MR) is 134 cm³/mol. The number of rotatable bonds is 10. The first kappa shape index (κ1) is 25.6. The fourth-order valence-corrected chi connectivity index (χ4v) is 3.39. The Hall–Kier alpha value is -4.07. The number of carbonyl (C=O) groups excluding carboxylic acids is 2.